The number of hydrogen-bond acceptors (Lipinski definition) is 2. The van der Waals surface area contributed by atoms with Crippen LogP contribution in [0.5, 0.6) is 0 Å². The Hall–Kier alpha value is -1.55. The van der Waals surface area contributed by atoms with Crippen LogP contribution in [-0.2, 0) is 9.59 Å². The molecular formula is C16H21ClN2O2. The molecule has 1 unspecified atom stereocenters. The third kappa shape index (κ3) is 2.53. The Balaban J connectivity index is 2.55. The minimum Gasteiger partial charge on any atom is -0.340 e. The lowest BCUT2D eigenvalue weighted by Crippen LogP contribution is -2.70. The largest absolute Gasteiger partial charge is 0.340 e. The molecule has 1 saturated heterocycles. The van der Waals surface area contributed by atoms with Gasteiger partial charge in [-0.25, -0.2) is 0 Å². The summed E-state index contributed by atoms with van der Waals surface area (Å²) in [5, 5.41) is 3.41. The number of amides is 2. The monoisotopic (exact) mass is 308 g/mol. The van der Waals surface area contributed by atoms with E-state index in [0.717, 1.165) is 0 Å². The predicted molar refractivity (Wildman–Crippen MR) is 84.5 cm³/mol. The van der Waals surface area contributed by atoms with E-state index in [2.05, 4.69) is 5.32 Å². The van der Waals surface area contributed by atoms with Crippen LogP contribution in [0.15, 0.2) is 24.3 Å². The molecule has 1 N–H and O–H groups in total. The van der Waals surface area contributed by atoms with Crippen molar-refractivity contribution in [2.75, 3.05) is 4.90 Å². The first-order valence-corrected chi connectivity index (χ1v) is 7.78. The number of nitrogens with one attached hydrogen (secondary N) is 1. The quantitative estimate of drug-likeness (QED) is 0.929. The average molecular weight is 309 g/mol. The minimum absolute atomic E-state index is 0.0768. The first kappa shape index (κ1) is 15.8. The van der Waals surface area contributed by atoms with Gasteiger partial charge < -0.3 is 5.32 Å². The Bertz CT molecular complexity index is 555. The highest BCUT2D eigenvalue weighted by Gasteiger charge is 2.49. The van der Waals surface area contributed by atoms with Crippen LogP contribution in [-0.4, -0.2) is 23.4 Å². The molecule has 1 aliphatic heterocycles. The molecule has 4 nitrogen and oxygen atoms in total. The summed E-state index contributed by atoms with van der Waals surface area (Å²) in [4.78, 5) is 27.1. The molecule has 1 heterocycles. The maximum absolute atomic E-state index is 13.0. The number of halogens is 1. The molecule has 2 rings (SSSR count). The molecule has 0 aromatic heterocycles. The third-order valence-electron chi connectivity index (χ3n) is 4.31. The normalized spacial score (nSPS) is 21.3. The molecular weight excluding hydrogens is 288 g/mol. The fourth-order valence-electron chi connectivity index (χ4n) is 2.88. The van der Waals surface area contributed by atoms with Crippen LogP contribution in [0, 0.1) is 0 Å². The third-order valence-corrected chi connectivity index (χ3v) is 4.63. The van der Waals surface area contributed by atoms with Gasteiger partial charge in [0.15, 0.2) is 0 Å². The number of anilines is 1. The van der Waals surface area contributed by atoms with Crippen LogP contribution in [0.2, 0.25) is 5.02 Å². The highest BCUT2D eigenvalue weighted by molar-refractivity contribution is 6.34. The second-order valence-electron chi connectivity index (χ2n) is 5.33. The zero-order valence-electron chi connectivity index (χ0n) is 12.6. The van der Waals surface area contributed by atoms with Gasteiger partial charge in [0.2, 0.25) is 5.91 Å². The number of hydrogen-bond donors (Lipinski definition) is 1. The average Bonchev–Trinajstić information content (AvgIpc) is 2.50. The highest BCUT2D eigenvalue weighted by atomic mass is 35.5. The maximum Gasteiger partial charge on any atom is 0.253 e. The summed E-state index contributed by atoms with van der Waals surface area (Å²) < 4.78 is 0. The van der Waals surface area contributed by atoms with E-state index in [1.807, 2.05) is 32.9 Å². The molecule has 1 fully saturated rings. The molecule has 1 aromatic rings. The van der Waals surface area contributed by atoms with Crippen LogP contribution in [0.1, 0.15) is 40.0 Å². The van der Waals surface area contributed by atoms with Gasteiger partial charge in [-0.3, -0.25) is 14.5 Å². The van der Waals surface area contributed by atoms with Crippen LogP contribution in [0.3, 0.4) is 0 Å². The van der Waals surface area contributed by atoms with E-state index in [1.165, 1.54) is 0 Å². The molecule has 1 aliphatic rings. The number of rotatable bonds is 4. The van der Waals surface area contributed by atoms with Crippen LogP contribution < -0.4 is 10.2 Å². The molecule has 5 heteroatoms. The second-order valence-corrected chi connectivity index (χ2v) is 5.74. The fourth-order valence-corrected chi connectivity index (χ4v) is 3.11. The lowest BCUT2D eigenvalue weighted by molar-refractivity contribution is -0.138. The maximum atomic E-state index is 13.0. The highest BCUT2D eigenvalue weighted by Crippen LogP contribution is 2.34. The van der Waals surface area contributed by atoms with Gasteiger partial charge in [0.1, 0.15) is 11.6 Å². The summed E-state index contributed by atoms with van der Waals surface area (Å²) >= 11 is 6.25. The van der Waals surface area contributed by atoms with Gasteiger partial charge in [-0.05, 0) is 31.4 Å². The predicted octanol–water partition coefficient (Wildman–Crippen LogP) is 3.14. The van der Waals surface area contributed by atoms with E-state index in [1.54, 1.807) is 17.0 Å². The number of para-hydroxylation sites is 1. The SMILES string of the molecule is CCC1C(=O)NC(CC)(CC)C(=O)N1c1ccccc1Cl. The zero-order valence-corrected chi connectivity index (χ0v) is 13.4. The van der Waals surface area contributed by atoms with E-state index in [9.17, 15) is 9.59 Å². The lowest BCUT2D eigenvalue weighted by Gasteiger charge is -2.45. The molecule has 0 bridgehead atoms. The molecule has 2 amide bonds. The van der Waals surface area contributed by atoms with Gasteiger partial charge in [0.25, 0.3) is 5.91 Å². The van der Waals surface area contributed by atoms with Crippen LogP contribution in [0.4, 0.5) is 5.69 Å². The molecule has 1 aromatic carbocycles. The first-order valence-electron chi connectivity index (χ1n) is 7.41. The van der Waals surface area contributed by atoms with Crippen LogP contribution in [0.25, 0.3) is 0 Å². The second kappa shape index (κ2) is 6.06. The summed E-state index contributed by atoms with van der Waals surface area (Å²) in [6, 6.07) is 6.66. The van der Waals surface area contributed by atoms with Crippen molar-refractivity contribution in [1.29, 1.82) is 0 Å². The molecule has 0 aliphatic carbocycles. The Morgan fingerprint density at radius 3 is 2.33 bits per heavy atom. The number of benzene rings is 1. The van der Waals surface area contributed by atoms with Crippen molar-refractivity contribution in [2.24, 2.45) is 0 Å². The van der Waals surface area contributed by atoms with E-state index in [4.69, 9.17) is 11.6 Å². The molecule has 0 saturated carbocycles. The van der Waals surface area contributed by atoms with Crippen LogP contribution >= 0.6 is 11.6 Å². The summed E-state index contributed by atoms with van der Waals surface area (Å²) in [6.45, 7) is 5.73. The number of nitrogens with zero attached hydrogens (tertiary/aromatic N) is 1. The smallest absolute Gasteiger partial charge is 0.253 e. The van der Waals surface area contributed by atoms with Crippen molar-refractivity contribution in [3.8, 4) is 0 Å². The topological polar surface area (TPSA) is 49.4 Å². The molecule has 0 spiro atoms. The summed E-state index contributed by atoms with van der Waals surface area (Å²) in [5.74, 6) is -0.187. The van der Waals surface area contributed by atoms with E-state index in [0.29, 0.717) is 30.0 Å². The van der Waals surface area contributed by atoms with E-state index < -0.39 is 11.6 Å². The van der Waals surface area contributed by atoms with Crippen molar-refractivity contribution < 1.29 is 9.59 Å². The van der Waals surface area contributed by atoms with Gasteiger partial charge in [0, 0.05) is 0 Å². The number of carbonyl (C=O) groups excluding carboxylic acids is 2. The van der Waals surface area contributed by atoms with Crippen molar-refractivity contribution in [2.45, 2.75) is 51.6 Å². The number of carbonyl (C=O) groups is 2. The van der Waals surface area contributed by atoms with Gasteiger partial charge in [0.05, 0.1) is 10.7 Å². The summed E-state index contributed by atoms with van der Waals surface area (Å²) in [5.41, 5.74) is -0.223. The molecule has 1 atom stereocenters. The molecule has 21 heavy (non-hydrogen) atoms. The van der Waals surface area contributed by atoms with Gasteiger partial charge in [-0.1, -0.05) is 44.5 Å². The Kier molecular flexibility index (Phi) is 4.57. The Morgan fingerprint density at radius 1 is 1.19 bits per heavy atom. The minimum atomic E-state index is -0.831. The van der Waals surface area contributed by atoms with Gasteiger partial charge in [-0.2, -0.15) is 0 Å². The van der Waals surface area contributed by atoms with Crippen molar-refractivity contribution in [3.05, 3.63) is 29.3 Å². The Morgan fingerprint density at radius 2 is 1.81 bits per heavy atom. The van der Waals surface area contributed by atoms with Crippen molar-refractivity contribution in [3.63, 3.8) is 0 Å². The standard InChI is InChI=1S/C16H21ClN2O2/c1-4-12-14(20)18-16(5-2,6-3)15(21)19(12)13-10-8-7-9-11(13)17/h7-10,12H,4-6H2,1-3H3,(H,18,20). The number of piperazine rings is 1. The first-order chi connectivity index (χ1) is 10.0. The fraction of sp³-hybridized carbons (Fsp3) is 0.500. The van der Waals surface area contributed by atoms with Crippen molar-refractivity contribution in [1.82, 2.24) is 5.32 Å². The van der Waals surface area contributed by atoms with Gasteiger partial charge in [-0.15, -0.1) is 0 Å². The molecule has 0 radical (unpaired) electrons. The van der Waals surface area contributed by atoms with E-state index >= 15 is 0 Å². The lowest BCUT2D eigenvalue weighted by atomic mass is 9.86. The van der Waals surface area contributed by atoms with Crippen molar-refractivity contribution >= 4 is 29.1 Å². The zero-order chi connectivity index (χ0) is 15.6. The van der Waals surface area contributed by atoms with E-state index in [-0.39, 0.29) is 11.8 Å². The van der Waals surface area contributed by atoms with Gasteiger partial charge >= 0.3 is 0 Å². The molecule has 114 valence electrons. The summed E-state index contributed by atoms with van der Waals surface area (Å²) in [6.07, 6.45) is 1.67. The summed E-state index contributed by atoms with van der Waals surface area (Å²) in [7, 11) is 0. The Labute approximate surface area is 130 Å².